The predicted octanol–water partition coefficient (Wildman–Crippen LogP) is 3.15. The smallest absolute Gasteiger partial charge is 0.124 e. The summed E-state index contributed by atoms with van der Waals surface area (Å²) in [7, 11) is 0. The minimum atomic E-state index is -0.0272. The zero-order valence-electron chi connectivity index (χ0n) is 9.03. The number of hydrogen-bond acceptors (Lipinski definition) is 2. The van der Waals surface area contributed by atoms with Gasteiger partial charge in [-0.1, -0.05) is 23.7 Å². The molecule has 0 spiro atoms. The first-order chi connectivity index (χ1) is 7.15. The standard InChI is InChI=1S/C12H16ClNO/c1-9-4-5-11(10(2)14)12(8-9)15-7-3-6-13/h3-6,8,10H,7,14H2,1-2H3. The highest BCUT2D eigenvalue weighted by Gasteiger charge is 2.07. The van der Waals surface area contributed by atoms with E-state index in [9.17, 15) is 0 Å². The number of hydrogen-bond donors (Lipinski definition) is 1. The molecule has 1 aromatic rings. The molecular weight excluding hydrogens is 210 g/mol. The van der Waals surface area contributed by atoms with Crippen LogP contribution >= 0.6 is 11.6 Å². The maximum absolute atomic E-state index is 5.84. The fourth-order valence-corrected chi connectivity index (χ4v) is 1.39. The van der Waals surface area contributed by atoms with Gasteiger partial charge in [0.2, 0.25) is 0 Å². The average Bonchev–Trinajstić information content (AvgIpc) is 2.18. The van der Waals surface area contributed by atoms with E-state index in [1.165, 1.54) is 5.54 Å². The molecule has 0 aliphatic rings. The van der Waals surface area contributed by atoms with Gasteiger partial charge in [0.15, 0.2) is 0 Å². The lowest BCUT2D eigenvalue weighted by atomic mass is 10.1. The molecule has 1 rings (SSSR count). The highest BCUT2D eigenvalue weighted by atomic mass is 35.5. The largest absolute Gasteiger partial charge is 0.489 e. The van der Waals surface area contributed by atoms with E-state index < -0.39 is 0 Å². The zero-order chi connectivity index (χ0) is 11.3. The summed E-state index contributed by atoms with van der Waals surface area (Å²) >= 11 is 5.42. The topological polar surface area (TPSA) is 35.2 Å². The van der Waals surface area contributed by atoms with E-state index in [-0.39, 0.29) is 6.04 Å². The molecule has 0 aliphatic heterocycles. The van der Waals surface area contributed by atoms with Crippen molar-refractivity contribution in [2.75, 3.05) is 6.61 Å². The maximum atomic E-state index is 5.84. The molecule has 0 fully saturated rings. The molecule has 1 atom stereocenters. The van der Waals surface area contributed by atoms with Crippen LogP contribution in [0.3, 0.4) is 0 Å². The fourth-order valence-electron chi connectivity index (χ4n) is 1.32. The Labute approximate surface area is 95.7 Å². The molecule has 0 bridgehead atoms. The van der Waals surface area contributed by atoms with Gasteiger partial charge in [0.05, 0.1) is 0 Å². The van der Waals surface area contributed by atoms with E-state index in [0.717, 1.165) is 16.9 Å². The number of ether oxygens (including phenoxy) is 1. The highest BCUT2D eigenvalue weighted by molar-refractivity contribution is 6.25. The highest BCUT2D eigenvalue weighted by Crippen LogP contribution is 2.24. The van der Waals surface area contributed by atoms with Gasteiger partial charge in [-0.2, -0.15) is 0 Å². The number of aryl methyl sites for hydroxylation is 1. The summed E-state index contributed by atoms with van der Waals surface area (Å²) in [6.07, 6.45) is 1.74. The first kappa shape index (κ1) is 12.1. The third kappa shape index (κ3) is 3.57. The molecular formula is C12H16ClNO. The molecule has 1 aromatic carbocycles. The summed E-state index contributed by atoms with van der Waals surface area (Å²) in [4.78, 5) is 0. The van der Waals surface area contributed by atoms with Crippen molar-refractivity contribution < 1.29 is 4.74 Å². The van der Waals surface area contributed by atoms with Crippen LogP contribution in [0.15, 0.2) is 29.8 Å². The van der Waals surface area contributed by atoms with Gasteiger partial charge in [-0.3, -0.25) is 0 Å². The van der Waals surface area contributed by atoms with Gasteiger partial charge in [-0.25, -0.2) is 0 Å². The number of rotatable bonds is 4. The van der Waals surface area contributed by atoms with Crippen LogP contribution in [0, 0.1) is 6.92 Å². The minimum Gasteiger partial charge on any atom is -0.489 e. The SMILES string of the molecule is Cc1ccc(C(C)N)c(OCC=CCl)c1. The Morgan fingerprint density at radius 1 is 1.53 bits per heavy atom. The molecule has 3 heteroatoms. The molecule has 0 aromatic heterocycles. The predicted molar refractivity (Wildman–Crippen MR) is 64.3 cm³/mol. The molecule has 0 heterocycles. The number of benzene rings is 1. The molecule has 1 unspecified atom stereocenters. The summed E-state index contributed by atoms with van der Waals surface area (Å²) in [5.74, 6) is 0.833. The van der Waals surface area contributed by atoms with Gasteiger partial charge in [-0.05, 0) is 31.6 Å². The lowest BCUT2D eigenvalue weighted by Crippen LogP contribution is -2.08. The Hall–Kier alpha value is -0.990. The van der Waals surface area contributed by atoms with Crippen molar-refractivity contribution in [3.8, 4) is 5.75 Å². The second-order valence-electron chi connectivity index (χ2n) is 3.50. The molecule has 0 radical (unpaired) electrons. The van der Waals surface area contributed by atoms with E-state index in [0.29, 0.717) is 6.61 Å². The monoisotopic (exact) mass is 225 g/mol. The summed E-state index contributed by atoms with van der Waals surface area (Å²) < 4.78 is 5.57. The van der Waals surface area contributed by atoms with Crippen LogP contribution in [-0.4, -0.2) is 6.61 Å². The lowest BCUT2D eigenvalue weighted by molar-refractivity contribution is 0.356. The van der Waals surface area contributed by atoms with Crippen LogP contribution in [-0.2, 0) is 0 Å². The minimum absolute atomic E-state index is 0.0272. The van der Waals surface area contributed by atoms with E-state index in [1.807, 2.05) is 32.0 Å². The van der Waals surface area contributed by atoms with Gasteiger partial charge >= 0.3 is 0 Å². The van der Waals surface area contributed by atoms with Crippen molar-refractivity contribution in [3.05, 3.63) is 40.9 Å². The van der Waals surface area contributed by atoms with Crippen molar-refractivity contribution in [3.63, 3.8) is 0 Å². The Morgan fingerprint density at radius 2 is 2.27 bits per heavy atom. The molecule has 2 N–H and O–H groups in total. The van der Waals surface area contributed by atoms with Crippen molar-refractivity contribution in [1.29, 1.82) is 0 Å². The van der Waals surface area contributed by atoms with Gasteiger partial charge < -0.3 is 10.5 Å². The molecule has 0 aliphatic carbocycles. The zero-order valence-corrected chi connectivity index (χ0v) is 9.79. The third-order valence-electron chi connectivity index (χ3n) is 2.08. The maximum Gasteiger partial charge on any atom is 0.124 e. The average molecular weight is 226 g/mol. The van der Waals surface area contributed by atoms with Crippen LogP contribution in [0.25, 0.3) is 0 Å². The van der Waals surface area contributed by atoms with Crippen molar-refractivity contribution in [2.24, 2.45) is 5.73 Å². The lowest BCUT2D eigenvalue weighted by Gasteiger charge is -2.13. The quantitative estimate of drug-likeness (QED) is 0.855. The second-order valence-corrected chi connectivity index (χ2v) is 3.75. The second kappa shape index (κ2) is 5.79. The van der Waals surface area contributed by atoms with Crippen molar-refractivity contribution in [1.82, 2.24) is 0 Å². The Morgan fingerprint density at radius 3 is 2.87 bits per heavy atom. The third-order valence-corrected chi connectivity index (χ3v) is 2.26. The molecule has 0 saturated heterocycles. The van der Waals surface area contributed by atoms with Crippen LogP contribution in [0.1, 0.15) is 24.1 Å². The summed E-state index contributed by atoms with van der Waals surface area (Å²) in [5.41, 5.74) is 9.46. The van der Waals surface area contributed by atoms with Gasteiger partial charge in [0.1, 0.15) is 12.4 Å². The van der Waals surface area contributed by atoms with Gasteiger partial charge in [-0.15, -0.1) is 0 Å². The van der Waals surface area contributed by atoms with Gasteiger partial charge in [0, 0.05) is 17.1 Å². The van der Waals surface area contributed by atoms with E-state index in [2.05, 4.69) is 0 Å². The fraction of sp³-hybridized carbons (Fsp3) is 0.333. The van der Waals surface area contributed by atoms with Crippen molar-refractivity contribution in [2.45, 2.75) is 19.9 Å². The molecule has 2 nitrogen and oxygen atoms in total. The molecule has 0 amide bonds. The van der Waals surface area contributed by atoms with E-state index >= 15 is 0 Å². The van der Waals surface area contributed by atoms with E-state index in [4.69, 9.17) is 22.1 Å². The number of halogens is 1. The summed E-state index contributed by atoms with van der Waals surface area (Å²) in [6, 6.07) is 5.99. The molecule has 15 heavy (non-hydrogen) atoms. The Kier molecular flexibility index (Phi) is 4.66. The van der Waals surface area contributed by atoms with Crippen LogP contribution < -0.4 is 10.5 Å². The normalized spacial score (nSPS) is 13.1. The molecule has 0 saturated carbocycles. The van der Waals surface area contributed by atoms with Gasteiger partial charge in [0.25, 0.3) is 0 Å². The first-order valence-corrected chi connectivity index (χ1v) is 5.33. The Bertz CT molecular complexity index is 347. The molecule has 82 valence electrons. The summed E-state index contributed by atoms with van der Waals surface area (Å²) in [5, 5.41) is 0. The van der Waals surface area contributed by atoms with Crippen LogP contribution in [0.4, 0.5) is 0 Å². The first-order valence-electron chi connectivity index (χ1n) is 4.89. The Balaban J connectivity index is 2.86. The van der Waals surface area contributed by atoms with E-state index in [1.54, 1.807) is 6.08 Å². The van der Waals surface area contributed by atoms with Crippen LogP contribution in [0.2, 0.25) is 0 Å². The van der Waals surface area contributed by atoms with Crippen LogP contribution in [0.5, 0.6) is 5.75 Å². The van der Waals surface area contributed by atoms with Crippen molar-refractivity contribution >= 4 is 11.6 Å². The summed E-state index contributed by atoms with van der Waals surface area (Å²) in [6.45, 7) is 4.43. The number of nitrogens with two attached hydrogens (primary N) is 1.